The maximum atomic E-state index is 13.6. The lowest BCUT2D eigenvalue weighted by Gasteiger charge is -2.05. The summed E-state index contributed by atoms with van der Waals surface area (Å²) < 4.78 is 13.6. The molecule has 1 aromatic carbocycles. The van der Waals surface area contributed by atoms with E-state index in [4.69, 9.17) is 0 Å². The van der Waals surface area contributed by atoms with Gasteiger partial charge in [0.2, 0.25) is 0 Å². The number of rotatable bonds is 6. The molecule has 1 aliphatic heterocycles. The number of amides is 2. The number of aryl methyl sites for hydroxylation is 1. The van der Waals surface area contributed by atoms with Crippen LogP contribution in [0.5, 0.6) is 0 Å². The molecular weight excluding hydrogens is 345 g/mol. The number of aromatic amines is 1. The maximum absolute atomic E-state index is 13.6. The predicted molar refractivity (Wildman–Crippen MR) is 105 cm³/mol. The molecular formula is C21H24FN3O2. The Hall–Kier alpha value is -2.89. The van der Waals surface area contributed by atoms with Crippen molar-refractivity contribution in [1.29, 1.82) is 0 Å². The van der Waals surface area contributed by atoms with Gasteiger partial charge in [-0.3, -0.25) is 9.59 Å². The zero-order chi connectivity index (χ0) is 19.6. The summed E-state index contributed by atoms with van der Waals surface area (Å²) in [5.41, 5.74) is 4.27. The van der Waals surface area contributed by atoms with Crippen LogP contribution in [0.25, 0.3) is 11.6 Å². The smallest absolute Gasteiger partial charge is 0.256 e. The summed E-state index contributed by atoms with van der Waals surface area (Å²) >= 11 is 0. The number of carbonyl (C=O) groups is 2. The quantitative estimate of drug-likeness (QED) is 0.528. The van der Waals surface area contributed by atoms with E-state index in [0.29, 0.717) is 34.6 Å². The van der Waals surface area contributed by atoms with Gasteiger partial charge in [0.25, 0.3) is 11.8 Å². The van der Waals surface area contributed by atoms with Crippen LogP contribution in [0.3, 0.4) is 0 Å². The van der Waals surface area contributed by atoms with Gasteiger partial charge in [-0.15, -0.1) is 0 Å². The van der Waals surface area contributed by atoms with Crippen molar-refractivity contribution in [3.63, 3.8) is 0 Å². The molecule has 3 rings (SSSR count). The molecule has 142 valence electrons. The fraction of sp³-hybridized carbons (Fsp3) is 0.333. The molecule has 0 aliphatic carbocycles. The van der Waals surface area contributed by atoms with Gasteiger partial charge in [-0.2, -0.15) is 0 Å². The zero-order valence-electron chi connectivity index (χ0n) is 15.8. The minimum absolute atomic E-state index is 0.121. The van der Waals surface area contributed by atoms with Gasteiger partial charge in [0.05, 0.1) is 11.1 Å². The van der Waals surface area contributed by atoms with E-state index in [2.05, 4.69) is 22.5 Å². The van der Waals surface area contributed by atoms with Crippen molar-refractivity contribution in [2.45, 2.75) is 40.0 Å². The first-order valence-electron chi connectivity index (χ1n) is 9.22. The topological polar surface area (TPSA) is 74.0 Å². The molecule has 1 aromatic heterocycles. The molecule has 0 fully saturated rings. The molecule has 0 atom stereocenters. The number of fused-ring (bicyclic) bond motifs is 1. The number of halogens is 1. The Bertz CT molecular complexity index is 928. The number of nitrogens with one attached hydrogen (secondary N) is 3. The molecule has 0 radical (unpaired) electrons. The molecule has 6 heteroatoms. The number of hydrogen-bond acceptors (Lipinski definition) is 2. The van der Waals surface area contributed by atoms with Crippen LogP contribution in [0.1, 0.15) is 59.1 Å². The summed E-state index contributed by atoms with van der Waals surface area (Å²) in [5, 5.41) is 5.68. The summed E-state index contributed by atoms with van der Waals surface area (Å²) in [6.07, 6.45) is 4.80. The first-order valence-corrected chi connectivity index (χ1v) is 9.22. The minimum Gasteiger partial charge on any atom is -0.358 e. The van der Waals surface area contributed by atoms with Crippen LogP contribution < -0.4 is 10.6 Å². The van der Waals surface area contributed by atoms with Crippen LogP contribution >= 0.6 is 0 Å². The molecule has 0 saturated heterocycles. The van der Waals surface area contributed by atoms with Gasteiger partial charge in [0.1, 0.15) is 5.82 Å². The summed E-state index contributed by atoms with van der Waals surface area (Å²) in [6.45, 7) is 6.43. The highest BCUT2D eigenvalue weighted by Gasteiger charge is 2.26. The standard InChI is InChI=1S/C21H24FN3O2/c1-4-5-6-9-23-21(27)19-12(2)18(24-13(19)3)11-16-15-10-14(22)7-8-17(15)25-20(16)26/h7-8,10-11,24H,4-6,9H2,1-3H3,(H,23,27)(H,25,26)/b16-11-. The lowest BCUT2D eigenvalue weighted by Crippen LogP contribution is -2.25. The normalized spacial score (nSPS) is 14.4. The molecule has 0 spiro atoms. The lowest BCUT2D eigenvalue weighted by atomic mass is 10.0. The van der Waals surface area contributed by atoms with Gasteiger partial charge in [0.15, 0.2) is 0 Å². The van der Waals surface area contributed by atoms with Gasteiger partial charge < -0.3 is 15.6 Å². The average molecular weight is 369 g/mol. The third-order valence-corrected chi connectivity index (χ3v) is 4.82. The Morgan fingerprint density at radius 3 is 2.78 bits per heavy atom. The van der Waals surface area contributed by atoms with Crippen LogP contribution in [0.15, 0.2) is 18.2 Å². The first-order chi connectivity index (χ1) is 12.9. The van der Waals surface area contributed by atoms with Crippen molar-refractivity contribution in [3.8, 4) is 0 Å². The van der Waals surface area contributed by atoms with Gasteiger partial charge in [-0.25, -0.2) is 4.39 Å². The Kier molecular flexibility index (Phi) is 5.44. The van der Waals surface area contributed by atoms with Gasteiger partial charge in [-0.1, -0.05) is 19.8 Å². The molecule has 2 aromatic rings. The molecule has 2 heterocycles. The number of hydrogen-bond donors (Lipinski definition) is 3. The number of benzene rings is 1. The number of carbonyl (C=O) groups excluding carboxylic acids is 2. The van der Waals surface area contributed by atoms with E-state index in [1.54, 1.807) is 12.1 Å². The van der Waals surface area contributed by atoms with E-state index in [-0.39, 0.29) is 11.8 Å². The molecule has 5 nitrogen and oxygen atoms in total. The highest BCUT2D eigenvalue weighted by atomic mass is 19.1. The van der Waals surface area contributed by atoms with E-state index in [9.17, 15) is 14.0 Å². The Morgan fingerprint density at radius 2 is 2.04 bits per heavy atom. The number of unbranched alkanes of at least 4 members (excludes halogenated alkanes) is 2. The predicted octanol–water partition coefficient (Wildman–Crippen LogP) is 4.18. The van der Waals surface area contributed by atoms with Crippen molar-refractivity contribution in [2.24, 2.45) is 0 Å². The van der Waals surface area contributed by atoms with E-state index in [0.717, 1.165) is 30.5 Å². The van der Waals surface area contributed by atoms with Crippen LogP contribution in [-0.2, 0) is 4.79 Å². The fourth-order valence-corrected chi connectivity index (χ4v) is 3.37. The van der Waals surface area contributed by atoms with E-state index < -0.39 is 5.82 Å². The van der Waals surface area contributed by atoms with Crippen LogP contribution in [0.4, 0.5) is 10.1 Å². The third kappa shape index (κ3) is 3.79. The van der Waals surface area contributed by atoms with Crippen molar-refractivity contribution in [1.82, 2.24) is 10.3 Å². The van der Waals surface area contributed by atoms with Gasteiger partial charge >= 0.3 is 0 Å². The minimum atomic E-state index is -0.400. The monoisotopic (exact) mass is 369 g/mol. The van der Waals surface area contributed by atoms with Crippen molar-refractivity contribution in [3.05, 3.63) is 52.1 Å². The zero-order valence-corrected chi connectivity index (χ0v) is 15.8. The molecule has 2 amide bonds. The summed E-state index contributed by atoms with van der Waals surface area (Å²) in [6, 6.07) is 4.20. The van der Waals surface area contributed by atoms with E-state index in [1.807, 2.05) is 13.8 Å². The molecule has 0 saturated carbocycles. The van der Waals surface area contributed by atoms with Crippen molar-refractivity contribution >= 4 is 29.2 Å². The Morgan fingerprint density at radius 1 is 1.26 bits per heavy atom. The van der Waals surface area contributed by atoms with E-state index >= 15 is 0 Å². The van der Waals surface area contributed by atoms with Crippen molar-refractivity contribution in [2.75, 3.05) is 11.9 Å². The molecule has 0 unspecified atom stereocenters. The Balaban J connectivity index is 1.89. The van der Waals surface area contributed by atoms with Crippen LogP contribution in [0.2, 0.25) is 0 Å². The third-order valence-electron chi connectivity index (χ3n) is 4.82. The maximum Gasteiger partial charge on any atom is 0.256 e. The van der Waals surface area contributed by atoms with E-state index in [1.165, 1.54) is 12.1 Å². The molecule has 27 heavy (non-hydrogen) atoms. The lowest BCUT2D eigenvalue weighted by molar-refractivity contribution is -0.110. The van der Waals surface area contributed by atoms with Crippen LogP contribution in [0, 0.1) is 19.7 Å². The molecule has 0 bridgehead atoms. The summed E-state index contributed by atoms with van der Waals surface area (Å²) in [5.74, 6) is -0.806. The first kappa shape index (κ1) is 18.9. The van der Waals surface area contributed by atoms with Gasteiger partial charge in [-0.05, 0) is 50.1 Å². The largest absolute Gasteiger partial charge is 0.358 e. The highest BCUT2D eigenvalue weighted by molar-refractivity contribution is 6.34. The van der Waals surface area contributed by atoms with Crippen LogP contribution in [-0.4, -0.2) is 23.3 Å². The fourth-order valence-electron chi connectivity index (χ4n) is 3.37. The summed E-state index contributed by atoms with van der Waals surface area (Å²) in [7, 11) is 0. The van der Waals surface area contributed by atoms with Crippen molar-refractivity contribution < 1.29 is 14.0 Å². The highest BCUT2D eigenvalue weighted by Crippen LogP contribution is 2.34. The molecule has 3 N–H and O–H groups in total. The second kappa shape index (κ2) is 7.78. The average Bonchev–Trinajstić information content (AvgIpc) is 3.08. The summed E-state index contributed by atoms with van der Waals surface area (Å²) in [4.78, 5) is 28.0. The number of H-pyrrole nitrogens is 1. The Labute approximate surface area is 158 Å². The number of anilines is 1. The second-order valence-electron chi connectivity index (χ2n) is 6.83. The SMILES string of the molecule is CCCCCNC(=O)c1c(C)[nH]c(/C=C2\C(=O)Nc3ccc(F)cc32)c1C. The number of aromatic nitrogens is 1. The van der Waals surface area contributed by atoms with Gasteiger partial charge in [0, 0.05) is 29.2 Å². The second-order valence-corrected chi connectivity index (χ2v) is 6.83. The molecule has 1 aliphatic rings.